The van der Waals surface area contributed by atoms with Gasteiger partial charge in [0.15, 0.2) is 17.4 Å². The molecule has 24 heavy (non-hydrogen) atoms. The number of hydrogen-bond acceptors (Lipinski definition) is 3. The minimum atomic E-state index is -0.756. The van der Waals surface area contributed by atoms with Crippen LogP contribution in [-0.4, -0.2) is 19.0 Å². The van der Waals surface area contributed by atoms with Crippen molar-refractivity contribution in [1.82, 2.24) is 0 Å². The third kappa shape index (κ3) is 4.98. The smallest absolute Gasteiger partial charge is 0.190 e. The summed E-state index contributed by atoms with van der Waals surface area (Å²) in [7, 11) is 0. The highest BCUT2D eigenvalue weighted by molar-refractivity contribution is 5.82. The van der Waals surface area contributed by atoms with E-state index in [0.29, 0.717) is 0 Å². The quantitative estimate of drug-likeness (QED) is 0.532. The van der Waals surface area contributed by atoms with E-state index in [0.717, 1.165) is 30.5 Å². The Morgan fingerprint density at radius 2 is 1.50 bits per heavy atom. The van der Waals surface area contributed by atoms with Gasteiger partial charge in [-0.25, -0.2) is 8.78 Å². The third-order valence-corrected chi connectivity index (χ3v) is 3.31. The van der Waals surface area contributed by atoms with Crippen LogP contribution in [0.5, 0.6) is 5.75 Å². The summed E-state index contributed by atoms with van der Waals surface area (Å²) < 4.78 is 32.3. The Morgan fingerprint density at radius 3 is 2.04 bits per heavy atom. The molecule has 2 rings (SSSR count). The maximum absolute atomic E-state index is 13.7. The molecule has 0 N–H and O–H groups in total. The molecule has 0 aliphatic rings. The number of rotatable bonds is 7. The fraction of sp³-hybridized carbons (Fsp3) is 0.263. The molecule has 2 aromatic carbocycles. The summed E-state index contributed by atoms with van der Waals surface area (Å²) >= 11 is 0. The van der Waals surface area contributed by atoms with Crippen LogP contribution in [0.1, 0.15) is 37.0 Å². The van der Waals surface area contributed by atoms with Crippen LogP contribution in [0.4, 0.5) is 8.78 Å². The molecule has 3 nitrogen and oxygen atoms in total. The molecule has 0 fully saturated rings. The molecule has 0 saturated heterocycles. The summed E-state index contributed by atoms with van der Waals surface area (Å²) in [5.74, 6) is -1.88. The predicted molar refractivity (Wildman–Crippen MR) is 93.2 cm³/mol. The number of hydrogen-bond donors (Lipinski definition) is 0. The Bertz CT molecular complexity index is 702. The molecule has 0 saturated carbocycles. The lowest BCUT2D eigenvalue weighted by molar-refractivity contribution is 0.302. The summed E-state index contributed by atoms with van der Waals surface area (Å²) in [5, 5.41) is 7.72. The van der Waals surface area contributed by atoms with E-state index in [-0.39, 0.29) is 17.9 Å². The average molecular weight is 330 g/mol. The van der Waals surface area contributed by atoms with Crippen LogP contribution in [0.15, 0.2) is 46.6 Å². The fourth-order valence-corrected chi connectivity index (χ4v) is 2.20. The van der Waals surface area contributed by atoms with Crippen LogP contribution in [0, 0.1) is 11.6 Å². The summed E-state index contributed by atoms with van der Waals surface area (Å²) in [6, 6.07) is 10.3. The van der Waals surface area contributed by atoms with E-state index < -0.39 is 11.6 Å². The topological polar surface area (TPSA) is 34.0 Å². The molecular weight excluding hydrogens is 310 g/mol. The molecule has 126 valence electrons. The first kappa shape index (κ1) is 17.8. The largest absolute Gasteiger partial charge is 0.488 e. The van der Waals surface area contributed by atoms with Crippen LogP contribution in [0.25, 0.3) is 0 Å². The lowest BCUT2D eigenvalue weighted by Crippen LogP contribution is -1.99. The standard InChI is InChI=1S/C19H20F2N2O/c1-3-5-14-6-8-15(9-7-14)12-22-23-13-16-10-17(20)19(24-4-2)18(21)11-16/h6-13H,3-5H2,1-2H3/b22-12+,23-13+. The number of halogens is 2. The zero-order chi connectivity index (χ0) is 17.4. The molecule has 0 atom stereocenters. The van der Waals surface area contributed by atoms with Crippen molar-refractivity contribution >= 4 is 12.4 Å². The molecule has 0 heterocycles. The van der Waals surface area contributed by atoms with Crippen molar-refractivity contribution < 1.29 is 13.5 Å². The second kappa shape index (κ2) is 8.91. The lowest BCUT2D eigenvalue weighted by Gasteiger charge is -2.06. The molecule has 0 amide bonds. The van der Waals surface area contributed by atoms with E-state index >= 15 is 0 Å². The van der Waals surface area contributed by atoms with Crippen molar-refractivity contribution in [3.63, 3.8) is 0 Å². The highest BCUT2D eigenvalue weighted by Crippen LogP contribution is 2.22. The molecule has 0 bridgehead atoms. The van der Waals surface area contributed by atoms with Gasteiger partial charge >= 0.3 is 0 Å². The van der Waals surface area contributed by atoms with Crippen molar-refractivity contribution in [2.45, 2.75) is 26.7 Å². The van der Waals surface area contributed by atoms with Gasteiger partial charge in [-0.15, -0.1) is 0 Å². The first-order valence-electron chi connectivity index (χ1n) is 7.91. The first-order valence-corrected chi connectivity index (χ1v) is 7.91. The van der Waals surface area contributed by atoms with E-state index in [4.69, 9.17) is 4.74 Å². The van der Waals surface area contributed by atoms with Gasteiger partial charge in [0.1, 0.15) is 0 Å². The molecule has 0 aliphatic carbocycles. The van der Waals surface area contributed by atoms with Gasteiger partial charge < -0.3 is 4.74 Å². The van der Waals surface area contributed by atoms with Crippen LogP contribution in [0.3, 0.4) is 0 Å². The molecule has 0 aliphatic heterocycles. The van der Waals surface area contributed by atoms with Crippen LogP contribution >= 0.6 is 0 Å². The average Bonchev–Trinajstić information content (AvgIpc) is 2.57. The minimum absolute atomic E-state index is 0.197. The molecule has 5 heteroatoms. The monoisotopic (exact) mass is 330 g/mol. The molecule has 0 radical (unpaired) electrons. The van der Waals surface area contributed by atoms with Crippen molar-refractivity contribution in [3.05, 3.63) is 64.7 Å². The third-order valence-electron chi connectivity index (χ3n) is 3.31. The first-order chi connectivity index (χ1) is 11.6. The maximum Gasteiger partial charge on any atom is 0.190 e. The Hall–Kier alpha value is -2.56. The van der Waals surface area contributed by atoms with Gasteiger partial charge in [-0.2, -0.15) is 10.2 Å². The normalized spacial score (nSPS) is 11.5. The Balaban J connectivity index is 2.03. The van der Waals surface area contributed by atoms with Gasteiger partial charge in [-0.1, -0.05) is 37.6 Å². The van der Waals surface area contributed by atoms with Gasteiger partial charge in [-0.05, 0) is 36.6 Å². The lowest BCUT2D eigenvalue weighted by atomic mass is 10.1. The Labute approximate surface area is 140 Å². The van der Waals surface area contributed by atoms with E-state index in [2.05, 4.69) is 17.1 Å². The molecule has 0 unspecified atom stereocenters. The highest BCUT2D eigenvalue weighted by atomic mass is 19.1. The van der Waals surface area contributed by atoms with Crippen LogP contribution < -0.4 is 4.74 Å². The van der Waals surface area contributed by atoms with Crippen molar-refractivity contribution in [1.29, 1.82) is 0 Å². The zero-order valence-electron chi connectivity index (χ0n) is 13.8. The summed E-state index contributed by atoms with van der Waals surface area (Å²) in [6.45, 7) is 4.00. The number of aryl methyl sites for hydroxylation is 1. The van der Waals surface area contributed by atoms with Crippen molar-refractivity contribution in [2.75, 3.05) is 6.61 Å². The highest BCUT2D eigenvalue weighted by Gasteiger charge is 2.11. The number of nitrogens with zero attached hydrogens (tertiary/aromatic N) is 2. The van der Waals surface area contributed by atoms with E-state index in [9.17, 15) is 8.78 Å². The van der Waals surface area contributed by atoms with Gasteiger partial charge in [0.2, 0.25) is 0 Å². The molecule has 2 aromatic rings. The predicted octanol–water partition coefficient (Wildman–Crippen LogP) is 4.77. The maximum atomic E-state index is 13.7. The van der Waals surface area contributed by atoms with Gasteiger partial charge in [0, 0.05) is 5.56 Å². The fourth-order valence-electron chi connectivity index (χ4n) is 2.20. The Kier molecular flexibility index (Phi) is 6.61. The summed E-state index contributed by atoms with van der Waals surface area (Å²) in [6.07, 6.45) is 5.04. The Morgan fingerprint density at radius 1 is 0.917 bits per heavy atom. The van der Waals surface area contributed by atoms with Gasteiger partial charge in [-0.3, -0.25) is 0 Å². The van der Waals surface area contributed by atoms with E-state index in [1.54, 1.807) is 13.1 Å². The number of ether oxygens (including phenoxy) is 1. The summed E-state index contributed by atoms with van der Waals surface area (Å²) in [5.41, 5.74) is 2.47. The number of benzene rings is 2. The SMILES string of the molecule is CCCc1ccc(/C=N/N=C/c2cc(F)c(OCC)c(F)c2)cc1. The van der Waals surface area contributed by atoms with Crippen LogP contribution in [0.2, 0.25) is 0 Å². The van der Waals surface area contributed by atoms with Crippen molar-refractivity contribution in [2.24, 2.45) is 10.2 Å². The summed E-state index contributed by atoms with van der Waals surface area (Å²) in [4.78, 5) is 0. The van der Waals surface area contributed by atoms with E-state index in [1.807, 2.05) is 24.3 Å². The van der Waals surface area contributed by atoms with Gasteiger partial charge in [0.25, 0.3) is 0 Å². The van der Waals surface area contributed by atoms with Gasteiger partial charge in [0.05, 0.1) is 19.0 Å². The van der Waals surface area contributed by atoms with Crippen molar-refractivity contribution in [3.8, 4) is 5.75 Å². The molecular formula is C19H20F2N2O. The van der Waals surface area contributed by atoms with E-state index in [1.165, 1.54) is 11.8 Å². The zero-order valence-corrected chi connectivity index (χ0v) is 13.8. The minimum Gasteiger partial charge on any atom is -0.488 e. The molecule has 0 spiro atoms. The molecule has 0 aromatic heterocycles. The second-order valence-electron chi connectivity index (χ2n) is 5.23. The second-order valence-corrected chi connectivity index (χ2v) is 5.23. The van der Waals surface area contributed by atoms with Crippen LogP contribution in [-0.2, 0) is 6.42 Å².